The number of amides is 12. The van der Waals surface area contributed by atoms with Crippen molar-refractivity contribution in [2.45, 2.75) is 187 Å². The van der Waals surface area contributed by atoms with E-state index in [1.807, 2.05) is 0 Å². The van der Waals surface area contributed by atoms with Crippen LogP contribution in [-0.4, -0.2) is 198 Å². The van der Waals surface area contributed by atoms with Crippen LogP contribution in [0.4, 0.5) is 0 Å². The monoisotopic (exact) mass is 1260 g/mol. The summed E-state index contributed by atoms with van der Waals surface area (Å²) in [6.45, 7) is 5.41. The van der Waals surface area contributed by atoms with Crippen molar-refractivity contribution in [3.05, 3.63) is 27.8 Å². The Balaban J connectivity index is 0.0000722. The smallest absolute Gasteiger partial charge is 0.756 e. The third-order valence-corrected chi connectivity index (χ3v) is 13.1. The second-order valence-corrected chi connectivity index (χ2v) is 20.5. The van der Waals surface area contributed by atoms with Crippen LogP contribution in [-0.2, 0) is 84.1 Å². The molecule has 32 heteroatoms. The molecule has 1 radical (unpaired) electrons. The number of nitrogens with zero attached hydrogens (tertiary/aromatic N) is 3. The maximum atomic E-state index is 14.1. The second-order valence-electron chi connectivity index (χ2n) is 20.5. The van der Waals surface area contributed by atoms with Crippen LogP contribution in [0.15, 0.2) is 12.2 Å². The number of unbranched alkanes of at least 4 members (excludes halogenated alkanes) is 4. The van der Waals surface area contributed by atoms with Crippen molar-refractivity contribution in [1.29, 1.82) is 0 Å². The minimum Gasteiger partial charge on any atom is -0.756 e. The van der Waals surface area contributed by atoms with Crippen molar-refractivity contribution >= 4 is 76.9 Å². The number of allylic oxidation sites excluding steroid dienone is 1. The molecular weight excluding hydrogens is 1170 g/mol. The Hall–Kier alpha value is -6.83. The Morgan fingerprint density at radius 1 is 0.605 bits per heavy atom. The summed E-state index contributed by atoms with van der Waals surface area (Å²) < 4.78 is 5.31. The van der Waals surface area contributed by atoms with Gasteiger partial charge < -0.3 is 93.8 Å². The average molecular weight is 1270 g/mol. The van der Waals surface area contributed by atoms with E-state index in [4.69, 9.17) is 4.74 Å². The fraction of sp³-hybridized carbons (Fsp3) is 0.722. The van der Waals surface area contributed by atoms with E-state index in [1.165, 1.54) is 27.7 Å². The molecule has 1 aliphatic rings. The zero-order valence-electron chi connectivity index (χ0n) is 50.3. The number of carbonyl (C=O) groups is 13. The first-order valence-corrected chi connectivity index (χ1v) is 29.0. The van der Waals surface area contributed by atoms with Crippen LogP contribution in [0, 0.1) is 21.5 Å². The SMILES string of the molecule is CCCCCC/C=C\CC(=O)N[C@H]1COC(=O)CNC(=O)C(CCCN([O-])C(=O)CC)NC(=O)CNC(=O)[C@H](C)NCC(CCCN([O-])C(=O)CC)NC(=O)[C@H](CO)NC(=O)[C@@H](C(C)C)NC(=O)CNC(=O)C(CCCN([O-])C(=O)CC)NC1=O.[Fe+3]. The number of nitrogens with one attached hydrogen (secondary N) is 10. The van der Waals surface area contributed by atoms with Crippen molar-refractivity contribution < 1.29 is 89.2 Å². The standard InChI is InChI=1S/C54H90N13O18.Fe/c1-8-12-13-14-15-16-17-24-41(69)61-40-33-85-47(75)31-58-50(77)37(22-19-26-66(83)45(73)10-3)60-42(70)29-56-49(76)35(7)55-28-36(21-18-25-65(82)44(72)9-2)59-52(79)39(32-68)63-54(81)48(34(5)6)64-43(71)30-57-51(78)38(62-53(40)80)23-20-27-67(84)46(74)11-4;/h16-17,34-40,48,55,68H,8-15,18-33H2,1-7H3,(H,56,76)(H,57,78)(H,58,77)(H,59,79)(H,60,70)(H,61,69)(H,62,80)(H,63,81)(H,64,71);/q-3;+3/b17-16-;/t35-,36?,37?,38?,39-,40-,48+;/m0./s1. The number of hydrogen-bond acceptors (Lipinski definition) is 19. The van der Waals surface area contributed by atoms with E-state index < -0.39 is 164 Å². The first-order valence-electron chi connectivity index (χ1n) is 29.0. The Morgan fingerprint density at radius 3 is 1.63 bits per heavy atom. The van der Waals surface area contributed by atoms with E-state index in [1.54, 1.807) is 26.0 Å². The van der Waals surface area contributed by atoms with Gasteiger partial charge in [0.1, 0.15) is 43.4 Å². The summed E-state index contributed by atoms with van der Waals surface area (Å²) in [5.74, 6) is -12.4. The third kappa shape index (κ3) is 32.6. The van der Waals surface area contributed by atoms with E-state index >= 15 is 0 Å². The van der Waals surface area contributed by atoms with Gasteiger partial charge in [0.05, 0.1) is 25.7 Å². The molecule has 1 aliphatic heterocycles. The maximum Gasteiger partial charge on any atom is 3.00 e. The van der Waals surface area contributed by atoms with Crippen LogP contribution in [0.2, 0.25) is 0 Å². The van der Waals surface area contributed by atoms with Crippen LogP contribution < -0.4 is 53.2 Å². The Labute approximate surface area is 512 Å². The number of esters is 1. The fourth-order valence-corrected chi connectivity index (χ4v) is 8.03. The van der Waals surface area contributed by atoms with Gasteiger partial charge in [0, 0.05) is 57.9 Å². The van der Waals surface area contributed by atoms with Crippen molar-refractivity contribution in [3.8, 4) is 0 Å². The van der Waals surface area contributed by atoms with E-state index in [2.05, 4.69) is 60.1 Å². The first-order chi connectivity index (χ1) is 40.3. The molecule has 7 atom stereocenters. The number of aliphatic hydroxyl groups is 1. The molecule has 0 bridgehead atoms. The van der Waals surface area contributed by atoms with Crippen molar-refractivity contribution in [2.24, 2.45) is 5.92 Å². The molecular formula is C54H90FeN13O18. The van der Waals surface area contributed by atoms with E-state index in [0.717, 1.165) is 25.7 Å². The quantitative estimate of drug-likeness (QED) is 0.0153. The van der Waals surface area contributed by atoms with E-state index in [0.29, 0.717) is 6.42 Å². The zero-order chi connectivity index (χ0) is 64.0. The molecule has 1 saturated heterocycles. The number of ether oxygens (including phenoxy) is 1. The molecule has 3 unspecified atom stereocenters. The van der Waals surface area contributed by atoms with Crippen LogP contribution in [0.1, 0.15) is 145 Å². The van der Waals surface area contributed by atoms with Gasteiger partial charge in [-0.15, -0.1) is 0 Å². The van der Waals surface area contributed by atoms with Gasteiger partial charge in [-0.3, -0.25) is 62.3 Å². The predicted octanol–water partition coefficient (Wildman–Crippen LogP) is -2.11. The molecule has 0 aromatic rings. The first kappa shape index (κ1) is 79.2. The van der Waals surface area contributed by atoms with Crippen molar-refractivity contribution in [2.75, 3.05) is 59.0 Å². The number of aliphatic hydroxyl groups excluding tert-OH is 1. The number of hydrogen-bond donors (Lipinski definition) is 11. The second kappa shape index (κ2) is 44.6. The summed E-state index contributed by atoms with van der Waals surface area (Å²) in [5, 5.41) is 72.5. The fourth-order valence-electron chi connectivity index (χ4n) is 8.03. The molecule has 31 nitrogen and oxygen atoms in total. The molecule has 11 N–H and O–H groups in total. The van der Waals surface area contributed by atoms with Gasteiger partial charge in [-0.25, -0.2) is 0 Å². The molecule has 0 spiro atoms. The molecule has 1 heterocycles. The molecule has 0 saturated carbocycles. The number of hydroxylamine groups is 6. The van der Waals surface area contributed by atoms with Crippen LogP contribution in [0.3, 0.4) is 0 Å². The summed E-state index contributed by atoms with van der Waals surface area (Å²) >= 11 is 0. The summed E-state index contributed by atoms with van der Waals surface area (Å²) in [7, 11) is 0. The van der Waals surface area contributed by atoms with E-state index in [-0.39, 0.29) is 116 Å². The van der Waals surface area contributed by atoms with Gasteiger partial charge in [-0.05, 0) is 64.2 Å². The summed E-state index contributed by atoms with van der Waals surface area (Å²) in [6, 6.07) is -9.85. The number of carbonyl (C=O) groups excluding carboxylic acids is 13. The molecule has 0 aromatic heterocycles. The molecule has 1 fully saturated rings. The molecule has 12 amide bonds. The molecule has 0 aliphatic carbocycles. The summed E-state index contributed by atoms with van der Waals surface area (Å²) in [6.07, 6.45) is 6.50. The third-order valence-electron chi connectivity index (χ3n) is 13.1. The Bertz CT molecular complexity index is 2250. The average Bonchev–Trinajstić information content (AvgIpc) is 3.50. The number of cyclic esters (lactones) is 1. The Kier molecular flexibility index (Phi) is 41.1. The molecule has 86 heavy (non-hydrogen) atoms. The zero-order valence-corrected chi connectivity index (χ0v) is 51.4. The maximum absolute atomic E-state index is 14.1. The largest absolute Gasteiger partial charge is 3.00 e. The van der Waals surface area contributed by atoms with Gasteiger partial charge in [-0.1, -0.05) is 73.0 Å². The van der Waals surface area contributed by atoms with Gasteiger partial charge in [0.25, 0.3) is 0 Å². The van der Waals surface area contributed by atoms with Gasteiger partial charge in [0.2, 0.25) is 70.9 Å². The van der Waals surface area contributed by atoms with E-state index in [9.17, 15) is 83.1 Å². The van der Waals surface area contributed by atoms with Gasteiger partial charge >= 0.3 is 23.0 Å². The van der Waals surface area contributed by atoms with Crippen LogP contribution in [0.25, 0.3) is 0 Å². The predicted molar refractivity (Wildman–Crippen MR) is 307 cm³/mol. The minimum absolute atomic E-state index is 0. The van der Waals surface area contributed by atoms with Crippen LogP contribution in [0.5, 0.6) is 0 Å². The van der Waals surface area contributed by atoms with Crippen molar-refractivity contribution in [1.82, 2.24) is 68.4 Å². The molecule has 487 valence electrons. The summed E-state index contributed by atoms with van der Waals surface area (Å²) in [4.78, 5) is 171. The number of rotatable bonds is 25. The Morgan fingerprint density at radius 2 is 1.10 bits per heavy atom. The topological polar surface area (TPSA) is 451 Å². The van der Waals surface area contributed by atoms with Crippen LogP contribution >= 0.6 is 0 Å². The molecule has 1 rings (SSSR count). The minimum atomic E-state index is -1.72. The normalized spacial score (nSPS) is 21.5. The van der Waals surface area contributed by atoms with Gasteiger partial charge in [0.15, 0.2) is 0 Å². The summed E-state index contributed by atoms with van der Waals surface area (Å²) in [5.41, 5.74) is 0. The van der Waals surface area contributed by atoms with Crippen molar-refractivity contribution in [3.63, 3.8) is 0 Å². The molecule has 0 aromatic carbocycles. The van der Waals surface area contributed by atoms with Gasteiger partial charge in [-0.2, -0.15) is 0 Å².